The van der Waals surface area contributed by atoms with E-state index in [0.29, 0.717) is 36.3 Å². The maximum absolute atomic E-state index is 14.2. The number of likely N-dealkylation sites (tertiary alicyclic amines) is 1. The molecule has 8 heteroatoms. The molecule has 2 N–H and O–H groups in total. The zero-order valence-corrected chi connectivity index (χ0v) is 16.3. The Bertz CT molecular complexity index is 694. The van der Waals surface area contributed by atoms with Gasteiger partial charge in [0.05, 0.1) is 17.8 Å². The van der Waals surface area contributed by atoms with E-state index in [4.69, 9.17) is 5.73 Å². The summed E-state index contributed by atoms with van der Waals surface area (Å²) in [7, 11) is 0. The van der Waals surface area contributed by atoms with Crippen LogP contribution < -0.4 is 10.6 Å². The van der Waals surface area contributed by atoms with Crippen molar-refractivity contribution in [3.63, 3.8) is 0 Å². The summed E-state index contributed by atoms with van der Waals surface area (Å²) in [4.78, 5) is 30.1. The minimum absolute atomic E-state index is 0.0743. The number of carbonyl (C=O) groups is 2. The third-order valence-electron chi connectivity index (χ3n) is 5.03. The van der Waals surface area contributed by atoms with E-state index in [1.54, 1.807) is 6.07 Å². The van der Waals surface area contributed by atoms with Gasteiger partial charge in [-0.3, -0.25) is 14.5 Å². The Morgan fingerprint density at radius 1 is 1.04 bits per heavy atom. The van der Waals surface area contributed by atoms with Crippen molar-refractivity contribution >= 4 is 33.4 Å². The number of hydrogen-bond acceptors (Lipinski definition) is 4. The first-order valence-corrected chi connectivity index (χ1v) is 9.79. The average Bonchev–Trinajstić information content (AvgIpc) is 3.01. The van der Waals surface area contributed by atoms with Gasteiger partial charge in [0.25, 0.3) is 5.91 Å². The van der Waals surface area contributed by atoms with E-state index < -0.39 is 11.7 Å². The molecule has 2 amide bonds. The molecule has 0 saturated carbocycles. The summed E-state index contributed by atoms with van der Waals surface area (Å²) in [5, 5.41) is 0. The van der Waals surface area contributed by atoms with E-state index in [0.717, 1.165) is 38.9 Å². The largest absolute Gasteiger partial charge is 0.369 e. The Morgan fingerprint density at radius 3 is 2.46 bits per heavy atom. The third kappa shape index (κ3) is 4.35. The quantitative estimate of drug-likeness (QED) is 0.796. The standard InChI is InChI=1S/C18H24BrFN4O2/c19-13-10-14(20)17(18(21)26)15(11-13)23-7-3-4-22(8-9-23)12-16(25)24-5-1-2-6-24/h10-11H,1-9,12H2,(H2,21,26). The molecule has 1 aromatic carbocycles. The Hall–Kier alpha value is -1.67. The first-order valence-electron chi connectivity index (χ1n) is 8.99. The predicted octanol–water partition coefficient (Wildman–Crippen LogP) is 1.82. The molecule has 3 rings (SSSR count). The van der Waals surface area contributed by atoms with Gasteiger partial charge in [-0.05, 0) is 31.4 Å². The Balaban J connectivity index is 1.69. The van der Waals surface area contributed by atoms with Gasteiger partial charge in [-0.15, -0.1) is 0 Å². The van der Waals surface area contributed by atoms with Gasteiger partial charge in [0.15, 0.2) is 0 Å². The van der Waals surface area contributed by atoms with Gasteiger partial charge in [-0.25, -0.2) is 4.39 Å². The zero-order chi connectivity index (χ0) is 18.7. The third-order valence-corrected chi connectivity index (χ3v) is 5.49. The number of nitrogens with two attached hydrogens (primary N) is 1. The van der Waals surface area contributed by atoms with Crippen molar-refractivity contribution in [2.24, 2.45) is 5.73 Å². The molecule has 142 valence electrons. The second-order valence-electron chi connectivity index (χ2n) is 6.85. The Kier molecular flexibility index (Phi) is 6.13. The molecule has 6 nitrogen and oxygen atoms in total. The summed E-state index contributed by atoms with van der Waals surface area (Å²) in [6.45, 7) is 4.93. The summed E-state index contributed by atoms with van der Waals surface area (Å²) in [5.74, 6) is -1.20. The van der Waals surface area contributed by atoms with Gasteiger partial charge in [0, 0.05) is 43.7 Å². The number of anilines is 1. The molecule has 2 aliphatic heterocycles. The second kappa shape index (κ2) is 8.35. The normalized spacial score (nSPS) is 18.8. The number of hydrogen-bond donors (Lipinski definition) is 1. The van der Waals surface area contributed by atoms with Crippen LogP contribution in [0.4, 0.5) is 10.1 Å². The number of benzene rings is 1. The van der Waals surface area contributed by atoms with Crippen LogP contribution in [-0.2, 0) is 4.79 Å². The highest BCUT2D eigenvalue weighted by Gasteiger charge is 2.25. The van der Waals surface area contributed by atoms with Crippen LogP contribution in [0.15, 0.2) is 16.6 Å². The lowest BCUT2D eigenvalue weighted by Crippen LogP contribution is -2.40. The highest BCUT2D eigenvalue weighted by Crippen LogP contribution is 2.28. The summed E-state index contributed by atoms with van der Waals surface area (Å²) in [6, 6.07) is 2.98. The van der Waals surface area contributed by atoms with E-state index in [1.165, 1.54) is 6.07 Å². The first-order chi connectivity index (χ1) is 12.5. The molecule has 0 unspecified atom stereocenters. The van der Waals surface area contributed by atoms with Crippen LogP contribution >= 0.6 is 15.9 Å². The fraction of sp³-hybridized carbons (Fsp3) is 0.556. The van der Waals surface area contributed by atoms with Crippen molar-refractivity contribution in [1.82, 2.24) is 9.80 Å². The average molecular weight is 427 g/mol. The van der Waals surface area contributed by atoms with Crippen LogP contribution in [-0.4, -0.2) is 67.4 Å². The monoisotopic (exact) mass is 426 g/mol. The molecule has 2 saturated heterocycles. The molecule has 0 bridgehead atoms. The zero-order valence-electron chi connectivity index (χ0n) is 14.7. The Morgan fingerprint density at radius 2 is 1.77 bits per heavy atom. The van der Waals surface area contributed by atoms with Gasteiger partial charge in [0.1, 0.15) is 5.82 Å². The molecule has 0 atom stereocenters. The number of amides is 2. The number of nitrogens with zero attached hydrogens (tertiary/aromatic N) is 3. The number of halogens is 2. The summed E-state index contributed by atoms with van der Waals surface area (Å²) >= 11 is 3.29. The van der Waals surface area contributed by atoms with Crippen LogP contribution in [0.3, 0.4) is 0 Å². The molecule has 2 heterocycles. The molecule has 0 radical (unpaired) electrons. The van der Waals surface area contributed by atoms with E-state index in [1.807, 2.05) is 9.80 Å². The van der Waals surface area contributed by atoms with Crippen molar-refractivity contribution in [2.75, 3.05) is 50.7 Å². The molecule has 2 aliphatic rings. The van der Waals surface area contributed by atoms with Gasteiger partial charge in [0.2, 0.25) is 5.91 Å². The van der Waals surface area contributed by atoms with Crippen LogP contribution in [0, 0.1) is 5.82 Å². The van der Waals surface area contributed by atoms with Crippen LogP contribution in [0.1, 0.15) is 29.6 Å². The lowest BCUT2D eigenvalue weighted by Gasteiger charge is -2.26. The minimum atomic E-state index is -0.768. The van der Waals surface area contributed by atoms with Crippen molar-refractivity contribution < 1.29 is 14.0 Å². The molecular formula is C18H24BrFN4O2. The molecule has 0 aromatic heterocycles. The van der Waals surface area contributed by atoms with E-state index >= 15 is 0 Å². The topological polar surface area (TPSA) is 69.9 Å². The number of rotatable bonds is 4. The molecule has 26 heavy (non-hydrogen) atoms. The highest BCUT2D eigenvalue weighted by molar-refractivity contribution is 9.10. The fourth-order valence-corrected chi connectivity index (χ4v) is 4.10. The molecule has 2 fully saturated rings. The van der Waals surface area contributed by atoms with Crippen LogP contribution in [0.5, 0.6) is 0 Å². The molecular weight excluding hydrogens is 403 g/mol. The van der Waals surface area contributed by atoms with E-state index in [2.05, 4.69) is 20.8 Å². The molecule has 0 aliphatic carbocycles. The van der Waals surface area contributed by atoms with Gasteiger partial charge < -0.3 is 15.5 Å². The number of primary amides is 1. The molecule has 1 aromatic rings. The Labute approximate surface area is 161 Å². The van der Waals surface area contributed by atoms with Crippen molar-refractivity contribution in [3.05, 3.63) is 28.0 Å². The maximum atomic E-state index is 14.2. The van der Waals surface area contributed by atoms with Crippen molar-refractivity contribution in [2.45, 2.75) is 19.3 Å². The maximum Gasteiger partial charge on any atom is 0.253 e. The second-order valence-corrected chi connectivity index (χ2v) is 7.77. The van der Waals surface area contributed by atoms with Crippen LogP contribution in [0.2, 0.25) is 0 Å². The first kappa shape index (κ1) is 19.1. The fourth-order valence-electron chi connectivity index (χ4n) is 3.68. The highest BCUT2D eigenvalue weighted by atomic mass is 79.9. The number of carbonyl (C=O) groups excluding carboxylic acids is 2. The molecule has 0 spiro atoms. The summed E-state index contributed by atoms with van der Waals surface area (Å²) in [5.41, 5.74) is 5.83. The predicted molar refractivity (Wildman–Crippen MR) is 102 cm³/mol. The minimum Gasteiger partial charge on any atom is -0.369 e. The summed E-state index contributed by atoms with van der Waals surface area (Å²) < 4.78 is 14.8. The van der Waals surface area contributed by atoms with Crippen LogP contribution in [0.25, 0.3) is 0 Å². The van der Waals surface area contributed by atoms with E-state index in [-0.39, 0.29) is 11.5 Å². The smallest absolute Gasteiger partial charge is 0.253 e. The SMILES string of the molecule is NC(=O)c1c(F)cc(Br)cc1N1CCCN(CC(=O)N2CCCC2)CC1. The lowest BCUT2D eigenvalue weighted by atomic mass is 10.1. The van der Waals surface area contributed by atoms with Crippen molar-refractivity contribution in [1.29, 1.82) is 0 Å². The van der Waals surface area contributed by atoms with Gasteiger partial charge >= 0.3 is 0 Å². The van der Waals surface area contributed by atoms with Gasteiger partial charge in [-0.2, -0.15) is 0 Å². The van der Waals surface area contributed by atoms with Crippen molar-refractivity contribution in [3.8, 4) is 0 Å². The summed E-state index contributed by atoms with van der Waals surface area (Å²) in [6.07, 6.45) is 3.01. The lowest BCUT2D eigenvalue weighted by molar-refractivity contribution is -0.131. The van der Waals surface area contributed by atoms with Gasteiger partial charge in [-0.1, -0.05) is 15.9 Å². The van der Waals surface area contributed by atoms with E-state index in [9.17, 15) is 14.0 Å².